The Morgan fingerprint density at radius 1 is 1.08 bits per heavy atom. The van der Waals surface area contributed by atoms with Crippen molar-refractivity contribution in [3.63, 3.8) is 0 Å². The zero-order chi connectivity index (χ0) is 19.1. The van der Waals surface area contributed by atoms with Gasteiger partial charge in [0, 0.05) is 32.1 Å². The minimum absolute atomic E-state index is 0.0614. The van der Waals surface area contributed by atoms with E-state index in [9.17, 15) is 18.4 Å². The number of benzene rings is 2. The highest BCUT2D eigenvalue weighted by Crippen LogP contribution is 2.19. The second-order valence-corrected chi connectivity index (χ2v) is 6.18. The molecule has 0 unspecified atom stereocenters. The summed E-state index contributed by atoms with van der Waals surface area (Å²) in [7, 11) is 0. The van der Waals surface area contributed by atoms with E-state index < -0.39 is 5.82 Å². The fraction of sp³-hybridized carbons (Fsp3) is 0.263. The topological polar surface area (TPSA) is 49.4 Å². The molecule has 7 heteroatoms. The average Bonchev–Trinajstić information content (AvgIpc) is 2.59. The van der Waals surface area contributed by atoms with Gasteiger partial charge >= 0.3 is 0 Å². The molecule has 0 saturated carbocycles. The Bertz CT molecular complexity index is 799. The number of carbonyl (C=O) groups is 2. The van der Waals surface area contributed by atoms with E-state index >= 15 is 0 Å². The zero-order valence-electron chi connectivity index (χ0n) is 14.3. The summed E-state index contributed by atoms with van der Waals surface area (Å²) in [6, 6.07) is 10.3. The Balaban J connectivity index is 1.87. The van der Waals surface area contributed by atoms with Crippen LogP contribution in [0.15, 0.2) is 42.5 Å². The molecule has 2 amide bonds. The van der Waals surface area contributed by atoms with Gasteiger partial charge in [0.1, 0.15) is 11.6 Å². The summed E-state index contributed by atoms with van der Waals surface area (Å²) in [6.07, 6.45) is 0.424. The van der Waals surface area contributed by atoms with E-state index in [4.69, 9.17) is 11.6 Å². The van der Waals surface area contributed by atoms with Crippen LogP contribution >= 0.6 is 11.6 Å². The van der Waals surface area contributed by atoms with E-state index in [0.717, 1.165) is 6.07 Å². The molecule has 0 aromatic heterocycles. The second-order valence-electron chi connectivity index (χ2n) is 5.77. The van der Waals surface area contributed by atoms with Gasteiger partial charge in [0.25, 0.3) is 0 Å². The van der Waals surface area contributed by atoms with Gasteiger partial charge in [0.05, 0.1) is 5.02 Å². The lowest BCUT2D eigenvalue weighted by Gasteiger charge is -2.21. The summed E-state index contributed by atoms with van der Waals surface area (Å²) in [5.74, 6) is -1.41. The standard InChI is InChI=1S/C19H19ClF2N2O2/c1-13(25)24(10-8-14-4-2-3-5-17(14)21)11-9-19(26)23-15-6-7-18(22)16(20)12-15/h2-7,12H,8-11H2,1H3,(H,23,26). The molecule has 0 atom stereocenters. The van der Waals surface area contributed by atoms with E-state index in [-0.39, 0.29) is 35.6 Å². The van der Waals surface area contributed by atoms with E-state index in [1.54, 1.807) is 18.2 Å². The van der Waals surface area contributed by atoms with Crippen molar-refractivity contribution >= 4 is 29.1 Å². The molecule has 0 fully saturated rings. The summed E-state index contributed by atoms with van der Waals surface area (Å²) in [6.45, 7) is 1.91. The molecule has 0 spiro atoms. The smallest absolute Gasteiger partial charge is 0.226 e. The van der Waals surface area contributed by atoms with Gasteiger partial charge in [-0.25, -0.2) is 8.78 Å². The van der Waals surface area contributed by atoms with Gasteiger partial charge < -0.3 is 10.2 Å². The van der Waals surface area contributed by atoms with Crippen LogP contribution in [0.2, 0.25) is 5.02 Å². The maximum Gasteiger partial charge on any atom is 0.226 e. The maximum atomic E-state index is 13.7. The van der Waals surface area contributed by atoms with Gasteiger partial charge in [0.2, 0.25) is 11.8 Å². The first-order valence-corrected chi connectivity index (χ1v) is 8.48. The summed E-state index contributed by atoms with van der Waals surface area (Å²) < 4.78 is 26.8. The van der Waals surface area contributed by atoms with Gasteiger partial charge in [-0.15, -0.1) is 0 Å². The molecule has 138 valence electrons. The van der Waals surface area contributed by atoms with Crippen LogP contribution < -0.4 is 5.32 Å². The fourth-order valence-electron chi connectivity index (χ4n) is 2.42. The lowest BCUT2D eigenvalue weighted by molar-refractivity contribution is -0.129. The van der Waals surface area contributed by atoms with Crippen LogP contribution in [0.25, 0.3) is 0 Å². The van der Waals surface area contributed by atoms with Gasteiger partial charge in [-0.2, -0.15) is 0 Å². The van der Waals surface area contributed by atoms with E-state index in [0.29, 0.717) is 24.2 Å². The molecule has 2 aromatic rings. The van der Waals surface area contributed by atoms with Crippen molar-refractivity contribution in [1.82, 2.24) is 4.90 Å². The van der Waals surface area contributed by atoms with Crippen molar-refractivity contribution < 1.29 is 18.4 Å². The molecule has 0 saturated heterocycles. The number of anilines is 1. The lowest BCUT2D eigenvalue weighted by Crippen LogP contribution is -2.33. The first-order valence-electron chi connectivity index (χ1n) is 8.10. The van der Waals surface area contributed by atoms with E-state index in [1.807, 2.05) is 0 Å². The molecule has 1 N–H and O–H groups in total. The molecule has 4 nitrogen and oxygen atoms in total. The molecular formula is C19H19ClF2N2O2. The van der Waals surface area contributed by atoms with Crippen LogP contribution in [0.4, 0.5) is 14.5 Å². The predicted octanol–water partition coefficient (Wildman–Crippen LogP) is 4.04. The number of carbonyl (C=O) groups excluding carboxylic acids is 2. The molecular weight excluding hydrogens is 362 g/mol. The third kappa shape index (κ3) is 5.81. The fourth-order valence-corrected chi connectivity index (χ4v) is 2.60. The van der Waals surface area contributed by atoms with Crippen LogP contribution in [0.5, 0.6) is 0 Å². The zero-order valence-corrected chi connectivity index (χ0v) is 15.0. The van der Waals surface area contributed by atoms with Gasteiger partial charge in [0.15, 0.2) is 0 Å². The summed E-state index contributed by atoms with van der Waals surface area (Å²) in [5.41, 5.74) is 0.895. The van der Waals surface area contributed by atoms with Crippen molar-refractivity contribution in [1.29, 1.82) is 0 Å². The van der Waals surface area contributed by atoms with Crippen molar-refractivity contribution in [2.45, 2.75) is 19.8 Å². The summed E-state index contributed by atoms with van der Waals surface area (Å²) >= 11 is 5.67. The van der Waals surface area contributed by atoms with Crippen molar-refractivity contribution in [2.24, 2.45) is 0 Å². The molecule has 0 aliphatic carbocycles. The first-order chi connectivity index (χ1) is 12.4. The summed E-state index contributed by atoms with van der Waals surface area (Å²) in [4.78, 5) is 25.3. The molecule has 0 aliphatic rings. The van der Waals surface area contributed by atoms with Crippen LogP contribution in [0, 0.1) is 11.6 Å². The van der Waals surface area contributed by atoms with Crippen molar-refractivity contribution in [2.75, 3.05) is 18.4 Å². The van der Waals surface area contributed by atoms with E-state index in [2.05, 4.69) is 5.32 Å². The Kier molecular flexibility index (Phi) is 7.09. The normalized spacial score (nSPS) is 10.5. The number of hydrogen-bond donors (Lipinski definition) is 1. The van der Waals surface area contributed by atoms with Gasteiger partial charge in [-0.1, -0.05) is 29.8 Å². The number of nitrogens with zero attached hydrogens (tertiary/aromatic N) is 1. The van der Waals surface area contributed by atoms with Crippen LogP contribution in [-0.2, 0) is 16.0 Å². The Hall–Kier alpha value is -2.47. The minimum Gasteiger partial charge on any atom is -0.342 e. The minimum atomic E-state index is -0.569. The van der Waals surface area contributed by atoms with Crippen molar-refractivity contribution in [3.05, 3.63) is 64.7 Å². The number of hydrogen-bond acceptors (Lipinski definition) is 2. The summed E-state index contributed by atoms with van der Waals surface area (Å²) in [5, 5.41) is 2.51. The van der Waals surface area contributed by atoms with Crippen LogP contribution in [0.3, 0.4) is 0 Å². The highest BCUT2D eigenvalue weighted by atomic mass is 35.5. The number of rotatable bonds is 7. The van der Waals surface area contributed by atoms with Gasteiger partial charge in [-0.3, -0.25) is 9.59 Å². The first kappa shape index (κ1) is 19.8. The van der Waals surface area contributed by atoms with Crippen molar-refractivity contribution in [3.8, 4) is 0 Å². The highest BCUT2D eigenvalue weighted by Gasteiger charge is 2.13. The lowest BCUT2D eigenvalue weighted by atomic mass is 10.1. The molecule has 0 bridgehead atoms. The number of halogens is 3. The average molecular weight is 381 g/mol. The molecule has 0 aliphatic heterocycles. The van der Waals surface area contributed by atoms with Gasteiger partial charge in [-0.05, 0) is 36.2 Å². The quantitative estimate of drug-likeness (QED) is 0.788. The highest BCUT2D eigenvalue weighted by molar-refractivity contribution is 6.31. The molecule has 0 radical (unpaired) electrons. The SMILES string of the molecule is CC(=O)N(CCC(=O)Nc1ccc(F)c(Cl)c1)CCc1ccccc1F. The molecule has 0 heterocycles. The van der Waals surface area contributed by atoms with Crippen LogP contribution in [0.1, 0.15) is 18.9 Å². The monoisotopic (exact) mass is 380 g/mol. The second kappa shape index (κ2) is 9.29. The Labute approximate surface area is 155 Å². The predicted molar refractivity (Wildman–Crippen MR) is 97.0 cm³/mol. The number of amides is 2. The maximum absolute atomic E-state index is 13.7. The third-order valence-electron chi connectivity index (χ3n) is 3.87. The largest absolute Gasteiger partial charge is 0.342 e. The van der Waals surface area contributed by atoms with Crippen LogP contribution in [-0.4, -0.2) is 29.8 Å². The van der Waals surface area contributed by atoms with E-state index in [1.165, 1.54) is 30.0 Å². The molecule has 2 rings (SSSR count). The Morgan fingerprint density at radius 2 is 1.81 bits per heavy atom. The number of nitrogens with one attached hydrogen (secondary N) is 1. The molecule has 2 aromatic carbocycles. The molecule has 26 heavy (non-hydrogen) atoms. The Morgan fingerprint density at radius 3 is 2.46 bits per heavy atom. The third-order valence-corrected chi connectivity index (χ3v) is 4.16.